The average Bonchev–Trinajstić information content (AvgIpc) is 3.27. The normalized spacial score (nSPS) is 18.0. The van der Waals surface area contributed by atoms with Crippen LogP contribution in [-0.2, 0) is 4.79 Å². The number of amides is 3. The molecule has 0 spiro atoms. The zero-order valence-corrected chi connectivity index (χ0v) is 19.5. The van der Waals surface area contributed by atoms with Crippen molar-refractivity contribution in [1.29, 1.82) is 0 Å². The molecule has 2 aliphatic rings. The van der Waals surface area contributed by atoms with Crippen molar-refractivity contribution < 1.29 is 14.4 Å². The Kier molecular flexibility index (Phi) is 6.00. The first-order valence-corrected chi connectivity index (χ1v) is 11.9. The van der Waals surface area contributed by atoms with Gasteiger partial charge in [-0.1, -0.05) is 72.0 Å². The van der Waals surface area contributed by atoms with Crippen molar-refractivity contribution in [3.63, 3.8) is 0 Å². The number of carbonyl (C=O) groups excluding carboxylic acids is 3. The Morgan fingerprint density at radius 3 is 2.47 bits per heavy atom. The lowest BCUT2D eigenvalue weighted by molar-refractivity contribution is -0.132. The minimum atomic E-state index is -0.584. The standard InChI is InChI=1S/C26H24N4O3S/c1-28-17-23(31)30(16-21(28)24(32)18-9-4-2-5-10-18)26(33)27-22-15-19-11-8-14-29(25(19)34-22)20-12-6-3-7-13-20/h2-13,15,21H,14,16-17H2,1H3,(H,27,33). The number of carbonyl (C=O) groups is 3. The molecule has 2 aliphatic heterocycles. The van der Waals surface area contributed by atoms with E-state index < -0.39 is 12.1 Å². The molecule has 0 bridgehead atoms. The summed E-state index contributed by atoms with van der Waals surface area (Å²) in [4.78, 5) is 43.8. The van der Waals surface area contributed by atoms with Crippen LogP contribution in [0.3, 0.4) is 0 Å². The number of hydrogen-bond acceptors (Lipinski definition) is 6. The van der Waals surface area contributed by atoms with Gasteiger partial charge < -0.3 is 4.90 Å². The summed E-state index contributed by atoms with van der Waals surface area (Å²) in [6.45, 7) is 0.753. The molecule has 3 aromatic rings. The number of ketones is 1. The van der Waals surface area contributed by atoms with Crippen molar-refractivity contribution in [3.8, 4) is 0 Å². The third kappa shape index (κ3) is 4.25. The fourth-order valence-corrected chi connectivity index (χ4v) is 5.32. The molecule has 8 heteroatoms. The van der Waals surface area contributed by atoms with Crippen LogP contribution in [0.4, 0.5) is 20.5 Å². The number of fused-ring (bicyclic) bond motifs is 1. The van der Waals surface area contributed by atoms with E-state index in [9.17, 15) is 14.4 Å². The van der Waals surface area contributed by atoms with Crippen molar-refractivity contribution in [3.05, 3.63) is 83.9 Å². The van der Waals surface area contributed by atoms with E-state index in [0.29, 0.717) is 10.6 Å². The highest BCUT2D eigenvalue weighted by Crippen LogP contribution is 2.41. The number of benzene rings is 2. The number of para-hydroxylation sites is 1. The maximum absolute atomic E-state index is 13.1. The molecule has 7 nitrogen and oxygen atoms in total. The Morgan fingerprint density at radius 2 is 1.74 bits per heavy atom. The summed E-state index contributed by atoms with van der Waals surface area (Å²) in [6, 6.07) is 19.8. The Balaban J connectivity index is 1.33. The quantitative estimate of drug-likeness (QED) is 0.567. The average molecular weight is 473 g/mol. The van der Waals surface area contributed by atoms with Gasteiger partial charge in [0, 0.05) is 23.4 Å². The second-order valence-corrected chi connectivity index (χ2v) is 9.35. The van der Waals surface area contributed by atoms with Gasteiger partial charge in [-0.05, 0) is 25.2 Å². The second kappa shape index (κ2) is 9.24. The van der Waals surface area contributed by atoms with Crippen LogP contribution in [-0.4, -0.2) is 60.2 Å². The van der Waals surface area contributed by atoms with Gasteiger partial charge in [0.1, 0.15) is 5.00 Å². The summed E-state index contributed by atoms with van der Waals surface area (Å²) in [5, 5.41) is 4.57. The van der Waals surface area contributed by atoms with Crippen LogP contribution in [0.15, 0.2) is 72.8 Å². The van der Waals surface area contributed by atoms with Gasteiger partial charge in [-0.2, -0.15) is 0 Å². The van der Waals surface area contributed by atoms with E-state index in [2.05, 4.69) is 16.3 Å². The molecule has 0 saturated carbocycles. The number of nitrogens with one attached hydrogen (secondary N) is 1. The lowest BCUT2D eigenvalue weighted by atomic mass is 10.0. The van der Waals surface area contributed by atoms with E-state index in [1.54, 1.807) is 36.2 Å². The van der Waals surface area contributed by atoms with Crippen molar-refractivity contribution in [2.75, 3.05) is 36.9 Å². The summed E-state index contributed by atoms with van der Waals surface area (Å²) in [5.74, 6) is -0.437. The van der Waals surface area contributed by atoms with Gasteiger partial charge in [-0.25, -0.2) is 4.79 Å². The highest BCUT2D eigenvalue weighted by atomic mass is 32.1. The molecular weight excluding hydrogens is 448 g/mol. The first-order chi connectivity index (χ1) is 16.5. The Hall–Kier alpha value is -3.75. The molecule has 0 aliphatic carbocycles. The number of thiophene rings is 1. The van der Waals surface area contributed by atoms with Gasteiger partial charge in [-0.15, -0.1) is 0 Å². The number of nitrogens with zero attached hydrogens (tertiary/aromatic N) is 3. The van der Waals surface area contributed by atoms with Crippen molar-refractivity contribution in [2.45, 2.75) is 6.04 Å². The van der Waals surface area contributed by atoms with Crippen LogP contribution in [0, 0.1) is 0 Å². The first-order valence-electron chi connectivity index (χ1n) is 11.0. The fourth-order valence-electron chi connectivity index (χ4n) is 4.26. The highest BCUT2D eigenvalue weighted by Gasteiger charge is 2.37. The minimum Gasteiger partial charge on any atom is -0.329 e. The molecule has 1 unspecified atom stereocenters. The van der Waals surface area contributed by atoms with Crippen LogP contribution in [0.25, 0.3) is 6.08 Å². The second-order valence-electron chi connectivity index (χ2n) is 8.32. The molecule has 1 N–H and O–H groups in total. The van der Waals surface area contributed by atoms with Gasteiger partial charge in [0.05, 0.1) is 24.1 Å². The molecular formula is C26H24N4O3S. The summed E-state index contributed by atoms with van der Waals surface area (Å²) >= 11 is 1.46. The van der Waals surface area contributed by atoms with Crippen molar-refractivity contribution >= 4 is 50.8 Å². The topological polar surface area (TPSA) is 73.0 Å². The summed E-state index contributed by atoms with van der Waals surface area (Å²) in [7, 11) is 1.73. The summed E-state index contributed by atoms with van der Waals surface area (Å²) < 4.78 is 0. The highest BCUT2D eigenvalue weighted by molar-refractivity contribution is 7.20. The minimum absolute atomic E-state index is 0.00211. The number of piperazine rings is 1. The predicted octanol–water partition coefficient (Wildman–Crippen LogP) is 4.47. The molecule has 1 aromatic heterocycles. The van der Waals surface area contributed by atoms with E-state index in [1.165, 1.54) is 11.3 Å². The van der Waals surface area contributed by atoms with Crippen molar-refractivity contribution in [2.24, 2.45) is 0 Å². The van der Waals surface area contributed by atoms with Gasteiger partial charge in [0.15, 0.2) is 5.78 Å². The molecule has 34 heavy (non-hydrogen) atoms. The van der Waals surface area contributed by atoms with Crippen LogP contribution in [0.1, 0.15) is 15.9 Å². The third-order valence-corrected chi connectivity index (χ3v) is 7.14. The largest absolute Gasteiger partial charge is 0.329 e. The van der Waals surface area contributed by atoms with Gasteiger partial charge in [0.2, 0.25) is 5.91 Å². The molecule has 2 aromatic carbocycles. The maximum atomic E-state index is 13.1. The molecule has 3 heterocycles. The van der Waals surface area contributed by atoms with E-state index in [0.717, 1.165) is 27.7 Å². The molecule has 5 rings (SSSR count). The monoisotopic (exact) mass is 472 g/mol. The number of Topliss-reactive ketones (excluding diaryl/α,β-unsaturated/α-hetero) is 1. The number of imide groups is 1. The zero-order valence-electron chi connectivity index (χ0n) is 18.7. The molecule has 1 saturated heterocycles. The smallest absolute Gasteiger partial charge is 0.329 e. The predicted molar refractivity (Wildman–Crippen MR) is 135 cm³/mol. The van der Waals surface area contributed by atoms with Crippen LogP contribution >= 0.6 is 11.3 Å². The van der Waals surface area contributed by atoms with E-state index in [-0.39, 0.29) is 24.8 Å². The molecule has 172 valence electrons. The van der Waals surface area contributed by atoms with Crippen LogP contribution in [0.5, 0.6) is 0 Å². The molecule has 3 amide bonds. The Bertz CT molecular complexity index is 1260. The van der Waals surface area contributed by atoms with Gasteiger partial charge in [-0.3, -0.25) is 24.7 Å². The van der Waals surface area contributed by atoms with Crippen LogP contribution < -0.4 is 10.2 Å². The third-order valence-electron chi connectivity index (χ3n) is 6.05. The number of rotatable bonds is 4. The van der Waals surface area contributed by atoms with Gasteiger partial charge in [0.25, 0.3) is 0 Å². The number of likely N-dealkylation sites (N-methyl/N-ethyl adjacent to an activating group) is 1. The molecule has 1 atom stereocenters. The summed E-state index contributed by atoms with van der Waals surface area (Å²) in [5.41, 5.74) is 2.65. The number of hydrogen-bond donors (Lipinski definition) is 1. The lowest BCUT2D eigenvalue weighted by Crippen LogP contribution is -2.59. The summed E-state index contributed by atoms with van der Waals surface area (Å²) in [6.07, 6.45) is 4.12. The number of anilines is 3. The maximum Gasteiger partial charge on any atom is 0.329 e. The van der Waals surface area contributed by atoms with E-state index in [4.69, 9.17) is 0 Å². The van der Waals surface area contributed by atoms with Gasteiger partial charge >= 0.3 is 6.03 Å². The Labute approximate surface area is 201 Å². The Morgan fingerprint density at radius 1 is 1.03 bits per heavy atom. The zero-order chi connectivity index (χ0) is 23.7. The van der Waals surface area contributed by atoms with E-state index in [1.807, 2.05) is 48.5 Å². The van der Waals surface area contributed by atoms with Crippen LogP contribution in [0.2, 0.25) is 0 Å². The lowest BCUT2D eigenvalue weighted by Gasteiger charge is -2.36. The first kappa shape index (κ1) is 22.1. The fraction of sp³-hybridized carbons (Fsp3) is 0.192. The number of urea groups is 1. The molecule has 1 fully saturated rings. The van der Waals surface area contributed by atoms with E-state index >= 15 is 0 Å². The van der Waals surface area contributed by atoms with Crippen molar-refractivity contribution in [1.82, 2.24) is 9.80 Å². The molecule has 0 radical (unpaired) electrons. The SMILES string of the molecule is CN1CC(=O)N(C(=O)Nc2cc3c(s2)N(c2ccccc2)CC=C3)CC1C(=O)c1ccccc1.